The summed E-state index contributed by atoms with van der Waals surface area (Å²) in [5.74, 6) is 1.81. The van der Waals surface area contributed by atoms with Crippen LogP contribution < -0.4 is 14.4 Å². The molecule has 1 aromatic heterocycles. The van der Waals surface area contributed by atoms with E-state index in [4.69, 9.17) is 9.47 Å². The molecule has 0 amide bonds. The molecule has 0 aliphatic carbocycles. The van der Waals surface area contributed by atoms with Gasteiger partial charge in [-0.3, -0.25) is 10.1 Å². The number of fused-ring (bicyclic) bond motifs is 1. The van der Waals surface area contributed by atoms with E-state index in [0.29, 0.717) is 37.9 Å². The van der Waals surface area contributed by atoms with Crippen molar-refractivity contribution in [2.45, 2.75) is 13.5 Å². The van der Waals surface area contributed by atoms with Crippen molar-refractivity contribution in [3.8, 4) is 11.5 Å². The van der Waals surface area contributed by atoms with Crippen LogP contribution in [0.1, 0.15) is 12.5 Å². The fourth-order valence-corrected chi connectivity index (χ4v) is 2.52. The van der Waals surface area contributed by atoms with Gasteiger partial charge in [0.1, 0.15) is 13.2 Å². The Morgan fingerprint density at radius 1 is 1.26 bits per heavy atom. The largest absolute Gasteiger partial charge is 0.486 e. The number of hydrogen-bond acceptors (Lipinski definition) is 6. The van der Waals surface area contributed by atoms with Crippen LogP contribution >= 0.6 is 0 Å². The summed E-state index contributed by atoms with van der Waals surface area (Å²) in [6.07, 6.45) is 1.56. The summed E-state index contributed by atoms with van der Waals surface area (Å²) in [7, 11) is 0. The fourth-order valence-electron chi connectivity index (χ4n) is 2.52. The summed E-state index contributed by atoms with van der Waals surface area (Å²) >= 11 is 0. The molecule has 0 spiro atoms. The van der Waals surface area contributed by atoms with Gasteiger partial charge in [-0.15, -0.1) is 0 Å². The van der Waals surface area contributed by atoms with Crippen LogP contribution in [0.2, 0.25) is 0 Å². The monoisotopic (exact) mass is 315 g/mol. The maximum absolute atomic E-state index is 11.2. The van der Waals surface area contributed by atoms with E-state index in [9.17, 15) is 10.1 Å². The number of nitrogens with zero attached hydrogens (tertiary/aromatic N) is 3. The summed E-state index contributed by atoms with van der Waals surface area (Å²) in [5.41, 5.74) is 0.989. The summed E-state index contributed by atoms with van der Waals surface area (Å²) in [6, 6.07) is 8.75. The van der Waals surface area contributed by atoms with Gasteiger partial charge >= 0.3 is 5.69 Å². The molecule has 23 heavy (non-hydrogen) atoms. The van der Waals surface area contributed by atoms with Crippen molar-refractivity contribution in [1.29, 1.82) is 0 Å². The van der Waals surface area contributed by atoms with Crippen molar-refractivity contribution >= 4 is 11.5 Å². The van der Waals surface area contributed by atoms with Gasteiger partial charge in [0.15, 0.2) is 11.5 Å². The fraction of sp³-hybridized carbons (Fsp3) is 0.312. The molecule has 0 unspecified atom stereocenters. The van der Waals surface area contributed by atoms with Gasteiger partial charge in [-0.1, -0.05) is 6.07 Å². The van der Waals surface area contributed by atoms with Gasteiger partial charge in [-0.2, -0.15) is 0 Å². The molecule has 1 aliphatic rings. The maximum atomic E-state index is 11.2. The Bertz CT molecular complexity index is 720. The first-order valence-electron chi connectivity index (χ1n) is 7.42. The first-order valence-corrected chi connectivity index (χ1v) is 7.42. The molecule has 7 heteroatoms. The topological polar surface area (TPSA) is 77.7 Å². The summed E-state index contributed by atoms with van der Waals surface area (Å²) in [5, 5.41) is 11.2. The number of anilines is 1. The molecule has 0 saturated heterocycles. The van der Waals surface area contributed by atoms with E-state index in [-0.39, 0.29) is 5.69 Å². The van der Waals surface area contributed by atoms with Gasteiger partial charge in [0.05, 0.1) is 4.92 Å². The Morgan fingerprint density at radius 3 is 2.78 bits per heavy atom. The second-order valence-electron chi connectivity index (χ2n) is 5.10. The molecule has 0 fully saturated rings. The minimum Gasteiger partial charge on any atom is -0.486 e. The predicted molar refractivity (Wildman–Crippen MR) is 85.0 cm³/mol. The lowest BCUT2D eigenvalue weighted by Gasteiger charge is -2.23. The van der Waals surface area contributed by atoms with Gasteiger partial charge in [-0.25, -0.2) is 4.98 Å². The van der Waals surface area contributed by atoms with Crippen molar-refractivity contribution in [3.05, 3.63) is 52.2 Å². The van der Waals surface area contributed by atoms with E-state index in [1.54, 1.807) is 12.3 Å². The van der Waals surface area contributed by atoms with Crippen molar-refractivity contribution in [2.75, 3.05) is 24.7 Å². The van der Waals surface area contributed by atoms with E-state index in [1.807, 2.05) is 30.0 Å². The zero-order valence-corrected chi connectivity index (χ0v) is 12.8. The van der Waals surface area contributed by atoms with E-state index in [0.717, 1.165) is 11.3 Å². The van der Waals surface area contributed by atoms with Crippen LogP contribution in [0.15, 0.2) is 36.5 Å². The Balaban J connectivity index is 1.87. The lowest BCUT2D eigenvalue weighted by atomic mass is 10.1. The second kappa shape index (κ2) is 6.51. The zero-order chi connectivity index (χ0) is 16.2. The number of nitro groups is 1. The van der Waals surface area contributed by atoms with Crippen LogP contribution in [-0.4, -0.2) is 29.7 Å². The van der Waals surface area contributed by atoms with Crippen LogP contribution in [-0.2, 0) is 6.54 Å². The normalized spacial score (nSPS) is 12.7. The van der Waals surface area contributed by atoms with Crippen LogP contribution in [0.5, 0.6) is 11.5 Å². The molecule has 120 valence electrons. The third kappa shape index (κ3) is 3.18. The van der Waals surface area contributed by atoms with Crippen molar-refractivity contribution in [3.63, 3.8) is 0 Å². The average molecular weight is 315 g/mol. The number of ether oxygens (including phenoxy) is 2. The Morgan fingerprint density at radius 2 is 2.04 bits per heavy atom. The molecular weight excluding hydrogens is 298 g/mol. The lowest BCUT2D eigenvalue weighted by molar-refractivity contribution is -0.384. The number of rotatable bonds is 5. The van der Waals surface area contributed by atoms with Gasteiger partial charge in [-0.05, 0) is 30.7 Å². The highest BCUT2D eigenvalue weighted by molar-refractivity contribution is 5.57. The third-order valence-electron chi connectivity index (χ3n) is 3.62. The highest BCUT2D eigenvalue weighted by Crippen LogP contribution is 2.32. The minimum atomic E-state index is -0.408. The van der Waals surface area contributed by atoms with Crippen molar-refractivity contribution in [2.24, 2.45) is 0 Å². The molecule has 7 nitrogen and oxygen atoms in total. The van der Waals surface area contributed by atoms with Gasteiger partial charge < -0.3 is 14.4 Å². The molecule has 3 rings (SSSR count). The predicted octanol–water partition coefficient (Wildman–Crippen LogP) is 2.79. The smallest absolute Gasteiger partial charge is 0.311 e. The van der Waals surface area contributed by atoms with E-state index in [2.05, 4.69) is 4.98 Å². The van der Waals surface area contributed by atoms with Crippen LogP contribution in [0, 0.1) is 10.1 Å². The summed E-state index contributed by atoms with van der Waals surface area (Å²) in [4.78, 5) is 16.8. The first kappa shape index (κ1) is 15.1. The molecule has 2 heterocycles. The molecular formula is C16H17N3O4. The summed E-state index contributed by atoms with van der Waals surface area (Å²) in [6.45, 7) is 4.13. The molecule has 0 N–H and O–H groups in total. The number of aromatic nitrogens is 1. The van der Waals surface area contributed by atoms with E-state index >= 15 is 0 Å². The van der Waals surface area contributed by atoms with Crippen molar-refractivity contribution < 1.29 is 14.4 Å². The second-order valence-corrected chi connectivity index (χ2v) is 5.10. The Hall–Kier alpha value is -2.83. The molecule has 0 radical (unpaired) electrons. The Kier molecular flexibility index (Phi) is 4.27. The number of hydrogen-bond donors (Lipinski definition) is 0. The van der Waals surface area contributed by atoms with E-state index < -0.39 is 4.92 Å². The number of benzene rings is 1. The number of pyridine rings is 1. The lowest BCUT2D eigenvalue weighted by Crippen LogP contribution is -2.24. The molecule has 2 aromatic rings. The van der Waals surface area contributed by atoms with Crippen LogP contribution in [0.25, 0.3) is 0 Å². The highest BCUT2D eigenvalue weighted by atomic mass is 16.6. The minimum absolute atomic E-state index is 0.00638. The average Bonchev–Trinajstić information content (AvgIpc) is 2.59. The van der Waals surface area contributed by atoms with Gasteiger partial charge in [0.2, 0.25) is 5.82 Å². The van der Waals surface area contributed by atoms with Crippen molar-refractivity contribution in [1.82, 2.24) is 4.98 Å². The molecule has 0 saturated carbocycles. The molecule has 0 bridgehead atoms. The molecule has 0 atom stereocenters. The molecule has 1 aliphatic heterocycles. The van der Waals surface area contributed by atoms with Crippen LogP contribution in [0.4, 0.5) is 11.5 Å². The Labute approximate surface area is 133 Å². The summed E-state index contributed by atoms with van der Waals surface area (Å²) < 4.78 is 11.1. The zero-order valence-electron chi connectivity index (χ0n) is 12.8. The van der Waals surface area contributed by atoms with Gasteiger partial charge in [0, 0.05) is 25.4 Å². The highest BCUT2D eigenvalue weighted by Gasteiger charge is 2.20. The SMILES string of the molecule is CCN(Cc1ccc2c(c1)OCCO2)c1ncccc1[N+](=O)[O-]. The first-order chi connectivity index (χ1) is 11.2. The maximum Gasteiger partial charge on any atom is 0.311 e. The molecule has 1 aromatic carbocycles. The van der Waals surface area contributed by atoms with E-state index in [1.165, 1.54) is 6.07 Å². The third-order valence-corrected chi connectivity index (χ3v) is 3.62. The van der Waals surface area contributed by atoms with Crippen LogP contribution in [0.3, 0.4) is 0 Å². The standard InChI is InChI=1S/C16H17N3O4/c1-2-18(16-13(19(20)21)4-3-7-17-16)11-12-5-6-14-15(10-12)23-9-8-22-14/h3-7,10H,2,8-9,11H2,1H3. The van der Waals surface area contributed by atoms with Gasteiger partial charge in [0.25, 0.3) is 0 Å². The quantitative estimate of drug-likeness (QED) is 0.623.